The molecule has 0 heterocycles. The molecule has 0 radical (unpaired) electrons. The van der Waals surface area contributed by atoms with Crippen LogP contribution in [0.2, 0.25) is 0 Å². The second kappa shape index (κ2) is 10.5. The van der Waals surface area contributed by atoms with Gasteiger partial charge in [0.05, 0.1) is 0 Å². The Balaban J connectivity index is 1.80. The first-order valence-corrected chi connectivity index (χ1v) is 11.8. The van der Waals surface area contributed by atoms with Crippen LogP contribution in [0.4, 0.5) is 0 Å². The van der Waals surface area contributed by atoms with E-state index in [1.165, 1.54) is 0 Å². The number of allylic oxidation sites excluding steroid dienone is 2. The van der Waals surface area contributed by atoms with Gasteiger partial charge in [-0.15, -0.1) is 0 Å². The van der Waals surface area contributed by atoms with Gasteiger partial charge in [0.2, 0.25) is 0 Å². The molecule has 5 heteroatoms. The molecule has 0 aliphatic heterocycles. The molecule has 0 fully saturated rings. The summed E-state index contributed by atoms with van der Waals surface area (Å²) in [7, 11) is 0. The maximum atomic E-state index is 12.2. The van der Waals surface area contributed by atoms with Crippen LogP contribution >= 0.6 is 0 Å². The largest absolute Gasteiger partial charge is 0.458 e. The minimum Gasteiger partial charge on any atom is -0.458 e. The van der Waals surface area contributed by atoms with Crippen LogP contribution in [-0.2, 0) is 14.3 Å². The van der Waals surface area contributed by atoms with Gasteiger partial charge in [-0.3, -0.25) is 0 Å². The minimum absolute atomic E-state index is 0.314. The summed E-state index contributed by atoms with van der Waals surface area (Å²) >= 11 is 0. The highest BCUT2D eigenvalue weighted by molar-refractivity contribution is 6.09. The number of benzene rings is 4. The predicted molar refractivity (Wildman–Crippen MR) is 147 cm³/mol. The Bertz CT molecular complexity index is 1610. The van der Waals surface area contributed by atoms with E-state index >= 15 is 0 Å². The normalized spacial score (nSPS) is 11.6. The number of hydrogen-bond acceptors (Lipinski definition) is 5. The summed E-state index contributed by atoms with van der Waals surface area (Å²) in [5.41, 5.74) is 2.65. The second-order valence-electron chi connectivity index (χ2n) is 8.87. The van der Waals surface area contributed by atoms with E-state index in [0.717, 1.165) is 32.7 Å². The molecule has 0 aliphatic carbocycles. The molecule has 0 aromatic heterocycles. The highest BCUT2D eigenvalue weighted by Gasteiger charge is 2.16. The zero-order valence-corrected chi connectivity index (χ0v) is 21.4. The van der Waals surface area contributed by atoms with Gasteiger partial charge in [0.25, 0.3) is 0 Å². The maximum absolute atomic E-state index is 12.2. The maximum Gasteiger partial charge on any atom is 0.338 e. The summed E-state index contributed by atoms with van der Waals surface area (Å²) in [6.45, 7) is 13.9. The zero-order chi connectivity index (χ0) is 26.7. The van der Waals surface area contributed by atoms with E-state index in [1.807, 2.05) is 72.8 Å². The van der Waals surface area contributed by atoms with E-state index in [0.29, 0.717) is 34.2 Å². The molecule has 0 spiro atoms. The Morgan fingerprint density at radius 2 is 0.973 bits per heavy atom. The molecule has 4 aromatic carbocycles. The quantitative estimate of drug-likeness (QED) is 0.114. The first kappa shape index (κ1) is 25.5. The van der Waals surface area contributed by atoms with Crippen LogP contribution in [0.3, 0.4) is 0 Å². The molecule has 0 atom stereocenters. The van der Waals surface area contributed by atoms with Crippen molar-refractivity contribution in [2.45, 2.75) is 27.7 Å². The summed E-state index contributed by atoms with van der Waals surface area (Å²) in [6.07, 6.45) is 0. The molecule has 4 rings (SSSR count). The van der Waals surface area contributed by atoms with Crippen LogP contribution in [0, 0.1) is 0 Å². The fourth-order valence-electron chi connectivity index (χ4n) is 3.91. The predicted octanol–water partition coefficient (Wildman–Crippen LogP) is 7.89. The monoisotopic (exact) mass is 492 g/mol. The molecule has 0 bridgehead atoms. The molecule has 0 aliphatic rings. The van der Waals surface area contributed by atoms with Crippen molar-refractivity contribution in [2.75, 3.05) is 0 Å². The van der Waals surface area contributed by atoms with Gasteiger partial charge in [-0.25, -0.2) is 9.59 Å². The van der Waals surface area contributed by atoms with Crippen molar-refractivity contribution in [2.24, 2.45) is 0 Å². The van der Waals surface area contributed by atoms with Gasteiger partial charge in [0.15, 0.2) is 0 Å². The first-order valence-electron chi connectivity index (χ1n) is 11.8. The molecule has 37 heavy (non-hydrogen) atoms. The third-order valence-electron chi connectivity index (χ3n) is 5.96. The summed E-state index contributed by atoms with van der Waals surface area (Å²) in [5, 5.41) is 3.67. The summed E-state index contributed by atoms with van der Waals surface area (Å²) < 4.78 is 17.1. The van der Waals surface area contributed by atoms with Crippen LogP contribution in [0.15, 0.2) is 109 Å². The summed E-state index contributed by atoms with van der Waals surface area (Å²) in [5.74, 6) is 1.01. The van der Waals surface area contributed by atoms with Crippen molar-refractivity contribution in [3.63, 3.8) is 0 Å². The third-order valence-corrected chi connectivity index (χ3v) is 5.96. The second-order valence-corrected chi connectivity index (χ2v) is 8.87. The molecule has 0 unspecified atom stereocenters. The van der Waals surface area contributed by atoms with E-state index in [-0.39, 0.29) is 0 Å². The van der Waals surface area contributed by atoms with Gasteiger partial charge in [-0.1, -0.05) is 73.8 Å². The minimum atomic E-state index is -0.495. The Hall–Kier alpha value is -4.64. The lowest BCUT2D eigenvalue weighted by atomic mass is 9.93. The number of esters is 2. The van der Waals surface area contributed by atoms with E-state index in [4.69, 9.17) is 14.2 Å². The van der Waals surface area contributed by atoms with E-state index < -0.39 is 11.9 Å². The molecular formula is C32H28O5. The van der Waals surface area contributed by atoms with Crippen LogP contribution in [0.5, 0.6) is 11.5 Å². The number of fused-ring (bicyclic) bond motifs is 2. The average Bonchev–Trinajstić information content (AvgIpc) is 2.89. The molecule has 4 aromatic rings. The lowest BCUT2D eigenvalue weighted by Crippen LogP contribution is -2.08. The first-order chi connectivity index (χ1) is 17.7. The van der Waals surface area contributed by atoms with Gasteiger partial charge in [-0.05, 0) is 61.7 Å². The van der Waals surface area contributed by atoms with Crippen molar-refractivity contribution < 1.29 is 23.8 Å². The van der Waals surface area contributed by atoms with Gasteiger partial charge < -0.3 is 14.2 Å². The van der Waals surface area contributed by atoms with Crippen LogP contribution in [-0.4, -0.2) is 11.9 Å². The third kappa shape index (κ3) is 5.31. The number of ether oxygens (including phenoxy) is 3. The van der Waals surface area contributed by atoms with Crippen molar-refractivity contribution in [1.82, 2.24) is 0 Å². The number of carbonyl (C=O) groups is 2. The Labute approximate surface area is 216 Å². The van der Waals surface area contributed by atoms with Crippen molar-refractivity contribution >= 4 is 33.5 Å². The Morgan fingerprint density at radius 1 is 0.541 bits per heavy atom. The molecule has 0 saturated carbocycles. The lowest BCUT2D eigenvalue weighted by molar-refractivity contribution is -0.135. The Kier molecular flexibility index (Phi) is 7.25. The SMILES string of the molecule is C=C(C)C(=O)OC(C)=C(C)Oc1ccc(-c2ccc(OC(=O)C(=C)C)c3ccccc23)c2ccccc12. The molecular weight excluding hydrogens is 464 g/mol. The molecule has 0 N–H and O–H groups in total. The highest BCUT2D eigenvalue weighted by atomic mass is 16.6. The topological polar surface area (TPSA) is 61.8 Å². The standard InChI is InChI=1S/C32H28O5/c1-19(2)31(33)36-22(6)21(5)35-29-17-15-25(23-11-7-9-13-27(23)29)26-16-18-30(37-32(34)20(3)4)28-14-10-8-12-24(26)28/h7-18H,1,3H2,2,4-6H3. The summed E-state index contributed by atoms with van der Waals surface area (Å²) in [6, 6.07) is 23.4. The van der Waals surface area contributed by atoms with E-state index in [9.17, 15) is 9.59 Å². The zero-order valence-electron chi connectivity index (χ0n) is 21.4. The van der Waals surface area contributed by atoms with Gasteiger partial charge in [0, 0.05) is 21.9 Å². The van der Waals surface area contributed by atoms with Crippen LogP contribution in [0.25, 0.3) is 32.7 Å². The van der Waals surface area contributed by atoms with Crippen molar-refractivity contribution in [1.29, 1.82) is 0 Å². The van der Waals surface area contributed by atoms with Gasteiger partial charge >= 0.3 is 11.9 Å². The smallest absolute Gasteiger partial charge is 0.338 e. The molecule has 186 valence electrons. The summed E-state index contributed by atoms with van der Waals surface area (Å²) in [4.78, 5) is 24.1. The van der Waals surface area contributed by atoms with Crippen LogP contribution in [0.1, 0.15) is 27.7 Å². The molecule has 0 amide bonds. The van der Waals surface area contributed by atoms with Crippen molar-refractivity contribution in [3.05, 3.63) is 109 Å². The highest BCUT2D eigenvalue weighted by Crippen LogP contribution is 2.40. The van der Waals surface area contributed by atoms with Gasteiger partial charge in [-0.2, -0.15) is 0 Å². The van der Waals surface area contributed by atoms with Crippen molar-refractivity contribution in [3.8, 4) is 22.6 Å². The fraction of sp³-hybridized carbons (Fsp3) is 0.125. The number of carbonyl (C=O) groups excluding carboxylic acids is 2. The molecule has 0 saturated heterocycles. The van der Waals surface area contributed by atoms with E-state index in [2.05, 4.69) is 13.2 Å². The lowest BCUT2D eigenvalue weighted by Gasteiger charge is -2.16. The average molecular weight is 493 g/mol. The number of hydrogen-bond donors (Lipinski definition) is 0. The fourth-order valence-corrected chi connectivity index (χ4v) is 3.91. The van der Waals surface area contributed by atoms with Gasteiger partial charge in [0.1, 0.15) is 23.0 Å². The van der Waals surface area contributed by atoms with E-state index in [1.54, 1.807) is 27.7 Å². The number of rotatable bonds is 7. The van der Waals surface area contributed by atoms with Crippen LogP contribution < -0.4 is 9.47 Å². The Morgan fingerprint density at radius 3 is 1.43 bits per heavy atom. The molecule has 5 nitrogen and oxygen atoms in total.